The average molecular weight is 340 g/mol. The van der Waals surface area contributed by atoms with Gasteiger partial charge >= 0.3 is 0 Å². The Bertz CT molecular complexity index is 511. The van der Waals surface area contributed by atoms with Crippen LogP contribution in [0.15, 0.2) is 22.9 Å². The molecule has 2 atom stereocenters. The van der Waals surface area contributed by atoms with Gasteiger partial charge in [0, 0.05) is 36.5 Å². The van der Waals surface area contributed by atoms with Crippen LogP contribution in [0.1, 0.15) is 16.8 Å². The lowest BCUT2D eigenvalue weighted by Crippen LogP contribution is -2.59. The van der Waals surface area contributed by atoms with Crippen molar-refractivity contribution in [1.82, 2.24) is 14.8 Å². The molecule has 0 N–H and O–H groups in total. The first kappa shape index (κ1) is 14.0. The van der Waals surface area contributed by atoms with Crippen LogP contribution in [0, 0.1) is 0 Å². The van der Waals surface area contributed by atoms with Gasteiger partial charge in [0.25, 0.3) is 5.91 Å². The number of likely N-dealkylation sites (N-methyl/N-ethyl adjacent to an activating group) is 1. The molecule has 3 heterocycles. The topological polar surface area (TPSA) is 45.7 Å². The fraction of sp³-hybridized carbons (Fsp3) is 0.571. The maximum atomic E-state index is 12.6. The summed E-state index contributed by atoms with van der Waals surface area (Å²) in [5.74, 6) is 0.0664. The van der Waals surface area contributed by atoms with Crippen LogP contribution in [-0.4, -0.2) is 66.1 Å². The lowest BCUT2D eigenvalue weighted by molar-refractivity contribution is -0.0893. The van der Waals surface area contributed by atoms with E-state index in [1.165, 1.54) is 0 Å². The van der Waals surface area contributed by atoms with E-state index in [4.69, 9.17) is 4.74 Å². The summed E-state index contributed by atoms with van der Waals surface area (Å²) in [6.07, 6.45) is 4.48. The molecule has 20 heavy (non-hydrogen) atoms. The minimum atomic E-state index is 0.0664. The molecule has 2 fully saturated rings. The highest BCUT2D eigenvalue weighted by atomic mass is 79.9. The molecule has 1 amide bonds. The molecule has 6 heteroatoms. The van der Waals surface area contributed by atoms with E-state index in [0.29, 0.717) is 11.6 Å². The number of fused-ring (bicyclic) bond motifs is 1. The smallest absolute Gasteiger partial charge is 0.255 e. The zero-order valence-corrected chi connectivity index (χ0v) is 13.0. The lowest BCUT2D eigenvalue weighted by atomic mass is 9.98. The third kappa shape index (κ3) is 2.60. The molecule has 2 aliphatic heterocycles. The Morgan fingerprint density at radius 3 is 3.15 bits per heavy atom. The monoisotopic (exact) mass is 339 g/mol. The van der Waals surface area contributed by atoms with Gasteiger partial charge in [0.15, 0.2) is 0 Å². The predicted molar refractivity (Wildman–Crippen MR) is 78.6 cm³/mol. The van der Waals surface area contributed by atoms with Gasteiger partial charge in [-0.2, -0.15) is 0 Å². The minimum Gasteiger partial charge on any atom is -0.375 e. The second-order valence-corrected chi connectivity index (χ2v) is 6.21. The SMILES string of the molecule is CN1CCO[C@@H]2CCN(C(=O)c3ccncc3Br)C[C@H]21. The normalized spacial score (nSPS) is 27.2. The van der Waals surface area contributed by atoms with Crippen molar-refractivity contribution in [2.24, 2.45) is 0 Å². The summed E-state index contributed by atoms with van der Waals surface area (Å²) in [7, 11) is 2.11. The summed E-state index contributed by atoms with van der Waals surface area (Å²) in [6.45, 7) is 3.21. The molecule has 108 valence electrons. The van der Waals surface area contributed by atoms with Gasteiger partial charge < -0.3 is 9.64 Å². The molecular weight excluding hydrogens is 322 g/mol. The Morgan fingerprint density at radius 2 is 2.35 bits per heavy atom. The van der Waals surface area contributed by atoms with Crippen LogP contribution in [-0.2, 0) is 4.74 Å². The first-order valence-corrected chi connectivity index (χ1v) is 7.67. The van der Waals surface area contributed by atoms with Crippen LogP contribution in [0.5, 0.6) is 0 Å². The zero-order chi connectivity index (χ0) is 14.1. The number of hydrogen-bond acceptors (Lipinski definition) is 4. The molecular formula is C14H18BrN3O2. The van der Waals surface area contributed by atoms with Crippen LogP contribution < -0.4 is 0 Å². The number of nitrogens with zero attached hydrogens (tertiary/aromatic N) is 3. The number of amides is 1. The van der Waals surface area contributed by atoms with Gasteiger partial charge in [0.1, 0.15) is 0 Å². The molecule has 0 aromatic carbocycles. The largest absolute Gasteiger partial charge is 0.375 e. The molecule has 3 rings (SSSR count). The first-order valence-electron chi connectivity index (χ1n) is 6.87. The number of rotatable bonds is 1. The van der Waals surface area contributed by atoms with Gasteiger partial charge in [0.05, 0.1) is 24.3 Å². The molecule has 0 spiro atoms. The third-order valence-electron chi connectivity index (χ3n) is 4.15. The zero-order valence-electron chi connectivity index (χ0n) is 11.5. The summed E-state index contributed by atoms with van der Waals surface area (Å²) in [5.41, 5.74) is 0.679. The maximum Gasteiger partial charge on any atom is 0.255 e. The van der Waals surface area contributed by atoms with Crippen molar-refractivity contribution < 1.29 is 9.53 Å². The molecule has 5 nitrogen and oxygen atoms in total. The van der Waals surface area contributed by atoms with E-state index in [2.05, 4.69) is 32.9 Å². The van der Waals surface area contributed by atoms with Crippen molar-refractivity contribution in [3.63, 3.8) is 0 Å². The molecule has 0 saturated carbocycles. The fourth-order valence-electron chi connectivity index (χ4n) is 2.95. The molecule has 0 bridgehead atoms. The number of halogens is 1. The van der Waals surface area contributed by atoms with Gasteiger partial charge in [-0.3, -0.25) is 14.7 Å². The average Bonchev–Trinajstić information content (AvgIpc) is 2.47. The lowest BCUT2D eigenvalue weighted by Gasteiger charge is -2.45. The van der Waals surface area contributed by atoms with Crippen LogP contribution in [0.25, 0.3) is 0 Å². The van der Waals surface area contributed by atoms with Gasteiger partial charge in [-0.1, -0.05) is 0 Å². The van der Waals surface area contributed by atoms with E-state index in [9.17, 15) is 4.79 Å². The molecule has 2 aliphatic rings. The van der Waals surface area contributed by atoms with Crippen LogP contribution in [0.2, 0.25) is 0 Å². The van der Waals surface area contributed by atoms with Gasteiger partial charge in [-0.15, -0.1) is 0 Å². The summed E-state index contributed by atoms with van der Waals surface area (Å²) in [4.78, 5) is 20.8. The maximum absolute atomic E-state index is 12.6. The Balaban J connectivity index is 1.75. The predicted octanol–water partition coefficient (Wildman–Crippen LogP) is 1.39. The van der Waals surface area contributed by atoms with Crippen LogP contribution >= 0.6 is 15.9 Å². The first-order chi connectivity index (χ1) is 9.66. The number of likely N-dealkylation sites (tertiary alicyclic amines) is 1. The Kier molecular flexibility index (Phi) is 4.05. The number of morpholine rings is 1. The second-order valence-electron chi connectivity index (χ2n) is 5.35. The molecule has 2 saturated heterocycles. The quantitative estimate of drug-likeness (QED) is 0.775. The summed E-state index contributed by atoms with van der Waals surface area (Å²) in [5, 5.41) is 0. The number of piperidine rings is 1. The van der Waals surface area contributed by atoms with E-state index in [1.807, 2.05) is 4.90 Å². The fourth-order valence-corrected chi connectivity index (χ4v) is 3.37. The van der Waals surface area contributed by atoms with E-state index < -0.39 is 0 Å². The van der Waals surface area contributed by atoms with Crippen LogP contribution in [0.4, 0.5) is 0 Å². The van der Waals surface area contributed by atoms with Gasteiger partial charge in [-0.25, -0.2) is 0 Å². The second kappa shape index (κ2) is 5.79. The summed E-state index contributed by atoms with van der Waals surface area (Å²) < 4.78 is 6.56. The summed E-state index contributed by atoms with van der Waals surface area (Å²) in [6, 6.07) is 2.07. The number of ether oxygens (including phenoxy) is 1. The Hall–Kier alpha value is -0.980. The Labute approximate surface area is 127 Å². The van der Waals surface area contributed by atoms with Gasteiger partial charge in [0.2, 0.25) is 0 Å². The molecule has 1 aromatic heterocycles. The molecule has 0 unspecified atom stereocenters. The van der Waals surface area contributed by atoms with E-state index in [1.54, 1.807) is 18.5 Å². The standard InChI is InChI=1S/C14H18BrN3O2/c1-17-6-7-20-13-3-5-18(9-12(13)17)14(19)10-2-4-16-8-11(10)15/h2,4,8,12-13H,3,5-7,9H2,1H3/t12-,13-/m1/s1. The van der Waals surface area contributed by atoms with E-state index in [-0.39, 0.29) is 12.0 Å². The van der Waals surface area contributed by atoms with Crippen LogP contribution in [0.3, 0.4) is 0 Å². The molecule has 1 aromatic rings. The van der Waals surface area contributed by atoms with E-state index >= 15 is 0 Å². The minimum absolute atomic E-state index is 0.0664. The van der Waals surface area contributed by atoms with Crippen molar-refractivity contribution in [2.75, 3.05) is 33.3 Å². The molecule has 0 aliphatic carbocycles. The third-order valence-corrected chi connectivity index (χ3v) is 4.78. The Morgan fingerprint density at radius 1 is 1.50 bits per heavy atom. The highest BCUT2D eigenvalue weighted by molar-refractivity contribution is 9.10. The number of carbonyl (C=O) groups is 1. The number of aromatic nitrogens is 1. The van der Waals surface area contributed by atoms with Crippen molar-refractivity contribution >= 4 is 21.8 Å². The number of carbonyl (C=O) groups excluding carboxylic acids is 1. The van der Waals surface area contributed by atoms with Crippen molar-refractivity contribution in [1.29, 1.82) is 0 Å². The summed E-state index contributed by atoms with van der Waals surface area (Å²) >= 11 is 3.40. The van der Waals surface area contributed by atoms with Gasteiger partial charge in [-0.05, 0) is 35.5 Å². The van der Waals surface area contributed by atoms with Crippen molar-refractivity contribution in [3.05, 3.63) is 28.5 Å². The van der Waals surface area contributed by atoms with Crippen molar-refractivity contribution in [2.45, 2.75) is 18.6 Å². The highest BCUT2D eigenvalue weighted by Gasteiger charge is 2.37. The van der Waals surface area contributed by atoms with E-state index in [0.717, 1.165) is 37.1 Å². The van der Waals surface area contributed by atoms with Crippen molar-refractivity contribution in [3.8, 4) is 0 Å². The number of pyridine rings is 1. The highest BCUT2D eigenvalue weighted by Crippen LogP contribution is 2.24. The molecule has 0 radical (unpaired) electrons. The number of hydrogen-bond donors (Lipinski definition) is 0.